The molecule has 5 nitrogen and oxygen atoms in total. The van der Waals surface area contributed by atoms with Gasteiger partial charge in [-0.05, 0) is 73.1 Å². The molecule has 33 heavy (non-hydrogen) atoms. The van der Waals surface area contributed by atoms with Crippen molar-refractivity contribution in [1.82, 2.24) is 19.9 Å². The zero-order valence-corrected chi connectivity index (χ0v) is 18.0. The van der Waals surface area contributed by atoms with Crippen LogP contribution in [-0.4, -0.2) is 27.0 Å². The Morgan fingerprint density at radius 3 is 2.64 bits per heavy atom. The molecule has 2 aromatic heterocycles. The topological polar surface area (TPSA) is 62.7 Å². The largest absolute Gasteiger partial charge is 0.354 e. The highest BCUT2D eigenvalue weighted by Crippen LogP contribution is 2.48. The Morgan fingerprint density at radius 2 is 1.94 bits per heavy atom. The molecular formula is C25H23F3N4O. The fourth-order valence-electron chi connectivity index (χ4n) is 4.67. The van der Waals surface area contributed by atoms with Crippen molar-refractivity contribution in [3.8, 4) is 11.3 Å². The first-order valence-electron chi connectivity index (χ1n) is 10.9. The van der Waals surface area contributed by atoms with Crippen molar-refractivity contribution in [3.63, 3.8) is 0 Å². The predicted octanol–water partition coefficient (Wildman–Crippen LogP) is 5.32. The van der Waals surface area contributed by atoms with E-state index >= 15 is 0 Å². The third kappa shape index (κ3) is 4.01. The summed E-state index contributed by atoms with van der Waals surface area (Å²) in [5.41, 5.74) is 2.48. The van der Waals surface area contributed by atoms with E-state index in [2.05, 4.69) is 15.3 Å². The van der Waals surface area contributed by atoms with Crippen LogP contribution in [0.2, 0.25) is 0 Å². The van der Waals surface area contributed by atoms with E-state index in [0.717, 1.165) is 24.5 Å². The smallest absolute Gasteiger partial charge is 0.242 e. The van der Waals surface area contributed by atoms with Crippen LogP contribution in [0.4, 0.5) is 13.2 Å². The zero-order chi connectivity index (χ0) is 23.1. The number of rotatable bonds is 6. The molecule has 0 aliphatic heterocycles. The van der Waals surface area contributed by atoms with E-state index in [-0.39, 0.29) is 35.1 Å². The number of nitrogens with zero attached hydrogens (tertiary/aromatic N) is 2. The number of H-pyrrole nitrogens is 1. The van der Waals surface area contributed by atoms with E-state index in [1.54, 1.807) is 35.4 Å². The lowest BCUT2D eigenvalue weighted by Gasteiger charge is -2.36. The number of fused-ring (bicyclic) bond motifs is 1. The number of hydrogen-bond donors (Lipinski definition) is 2. The normalized spacial score (nSPS) is 18.8. The average molecular weight is 452 g/mol. The number of halogens is 3. The van der Waals surface area contributed by atoms with Gasteiger partial charge in [0.25, 0.3) is 0 Å². The van der Waals surface area contributed by atoms with Crippen LogP contribution < -0.4 is 5.32 Å². The number of carbonyl (C=O) groups is 1. The molecule has 2 aromatic carbocycles. The standard InChI is InChI=1S/C25H23F3N4O/c1-14(32-7-6-29-13-32)25(33)30-12-15-8-17(9-15)22-20-10-19(27)11-21(28)24(20)31-23(22)16-2-4-18(26)5-3-16/h2-7,10-11,13-15,17,31H,8-9,12H2,1H3,(H,30,33). The summed E-state index contributed by atoms with van der Waals surface area (Å²) in [6.07, 6.45) is 6.54. The predicted molar refractivity (Wildman–Crippen MR) is 119 cm³/mol. The summed E-state index contributed by atoms with van der Waals surface area (Å²) in [4.78, 5) is 19.5. The van der Waals surface area contributed by atoms with Crippen LogP contribution >= 0.6 is 0 Å². The van der Waals surface area contributed by atoms with Crippen molar-refractivity contribution in [2.45, 2.75) is 31.7 Å². The molecule has 1 unspecified atom stereocenters. The third-order valence-electron chi connectivity index (χ3n) is 6.56. The first-order chi connectivity index (χ1) is 15.9. The van der Waals surface area contributed by atoms with Crippen LogP contribution in [0.25, 0.3) is 22.2 Å². The Hall–Kier alpha value is -3.55. The second-order valence-corrected chi connectivity index (χ2v) is 8.70. The van der Waals surface area contributed by atoms with E-state index in [9.17, 15) is 18.0 Å². The summed E-state index contributed by atoms with van der Waals surface area (Å²) < 4.78 is 43.7. The number of aromatic amines is 1. The Bertz CT molecular complexity index is 1290. The lowest BCUT2D eigenvalue weighted by Crippen LogP contribution is -2.38. The maximum Gasteiger partial charge on any atom is 0.242 e. The van der Waals surface area contributed by atoms with Gasteiger partial charge in [0.1, 0.15) is 23.5 Å². The highest BCUT2D eigenvalue weighted by molar-refractivity contribution is 5.92. The second-order valence-electron chi connectivity index (χ2n) is 8.70. The summed E-state index contributed by atoms with van der Waals surface area (Å²) >= 11 is 0. The molecule has 5 rings (SSSR count). The van der Waals surface area contributed by atoms with Gasteiger partial charge in [-0.3, -0.25) is 4.79 Å². The fraction of sp³-hybridized carbons (Fsp3) is 0.280. The van der Waals surface area contributed by atoms with Gasteiger partial charge in [-0.1, -0.05) is 0 Å². The van der Waals surface area contributed by atoms with Crippen molar-refractivity contribution in [2.24, 2.45) is 5.92 Å². The number of aromatic nitrogens is 3. The quantitative estimate of drug-likeness (QED) is 0.416. The molecule has 0 saturated heterocycles. The minimum atomic E-state index is -0.656. The van der Waals surface area contributed by atoms with Gasteiger partial charge in [-0.2, -0.15) is 0 Å². The first-order valence-corrected chi connectivity index (χ1v) is 10.9. The van der Waals surface area contributed by atoms with Gasteiger partial charge in [0.05, 0.1) is 17.5 Å². The Labute approximate surface area is 188 Å². The number of hydrogen-bond acceptors (Lipinski definition) is 2. The number of amides is 1. The Kier molecular flexibility index (Phi) is 5.44. The molecule has 2 heterocycles. The maximum absolute atomic E-state index is 14.5. The summed E-state index contributed by atoms with van der Waals surface area (Å²) in [6.45, 7) is 2.34. The monoisotopic (exact) mass is 452 g/mol. The molecule has 1 fully saturated rings. The summed E-state index contributed by atoms with van der Waals surface area (Å²) in [5, 5.41) is 3.50. The van der Waals surface area contributed by atoms with Gasteiger partial charge < -0.3 is 14.9 Å². The molecular weight excluding hydrogens is 429 g/mol. The maximum atomic E-state index is 14.5. The van der Waals surface area contributed by atoms with Gasteiger partial charge in [0.15, 0.2) is 0 Å². The van der Waals surface area contributed by atoms with Gasteiger partial charge in [-0.25, -0.2) is 18.2 Å². The van der Waals surface area contributed by atoms with Crippen LogP contribution in [0.15, 0.2) is 55.1 Å². The van der Waals surface area contributed by atoms with Gasteiger partial charge in [-0.15, -0.1) is 0 Å². The zero-order valence-electron chi connectivity index (χ0n) is 18.0. The van der Waals surface area contributed by atoms with E-state index in [0.29, 0.717) is 23.2 Å². The summed E-state index contributed by atoms with van der Waals surface area (Å²) in [7, 11) is 0. The number of imidazole rings is 1. The minimum absolute atomic E-state index is 0.0768. The van der Waals surface area contributed by atoms with E-state index < -0.39 is 11.6 Å². The van der Waals surface area contributed by atoms with Crippen LogP contribution in [0.3, 0.4) is 0 Å². The number of benzene rings is 2. The molecule has 8 heteroatoms. The Morgan fingerprint density at radius 1 is 1.18 bits per heavy atom. The molecule has 1 amide bonds. The van der Waals surface area contributed by atoms with Crippen molar-refractivity contribution in [1.29, 1.82) is 0 Å². The number of carbonyl (C=O) groups excluding carboxylic acids is 1. The molecule has 2 N–H and O–H groups in total. The first kappa shape index (κ1) is 21.3. The SMILES string of the molecule is CC(C(=O)NCC1CC(c2c(-c3ccc(F)cc3)[nH]c3c(F)cc(F)cc23)C1)n1ccnc1. The van der Waals surface area contributed by atoms with Crippen molar-refractivity contribution >= 4 is 16.8 Å². The number of nitrogens with one attached hydrogen (secondary N) is 2. The summed E-state index contributed by atoms with van der Waals surface area (Å²) in [5.74, 6) is -1.40. The van der Waals surface area contributed by atoms with E-state index in [4.69, 9.17) is 0 Å². The van der Waals surface area contributed by atoms with Crippen LogP contribution in [-0.2, 0) is 4.79 Å². The van der Waals surface area contributed by atoms with Crippen LogP contribution in [0.1, 0.15) is 37.3 Å². The molecule has 0 spiro atoms. The van der Waals surface area contributed by atoms with Crippen molar-refractivity contribution in [3.05, 3.63) is 78.1 Å². The third-order valence-corrected chi connectivity index (χ3v) is 6.56. The molecule has 1 aliphatic rings. The Balaban J connectivity index is 1.35. The molecule has 1 saturated carbocycles. The van der Waals surface area contributed by atoms with Crippen LogP contribution in [0, 0.1) is 23.4 Å². The molecule has 0 radical (unpaired) electrons. The lowest BCUT2D eigenvalue weighted by atomic mass is 9.70. The van der Waals surface area contributed by atoms with Crippen molar-refractivity contribution < 1.29 is 18.0 Å². The molecule has 1 aliphatic carbocycles. The average Bonchev–Trinajstić information content (AvgIpc) is 3.41. The van der Waals surface area contributed by atoms with Gasteiger partial charge >= 0.3 is 0 Å². The van der Waals surface area contributed by atoms with Crippen molar-refractivity contribution in [2.75, 3.05) is 6.54 Å². The summed E-state index contributed by atoms with van der Waals surface area (Å²) in [6, 6.07) is 7.81. The van der Waals surface area contributed by atoms with Gasteiger partial charge in [0, 0.05) is 30.4 Å². The fourth-order valence-corrected chi connectivity index (χ4v) is 4.67. The van der Waals surface area contributed by atoms with Crippen LogP contribution in [0.5, 0.6) is 0 Å². The lowest BCUT2D eigenvalue weighted by molar-refractivity contribution is -0.124. The second kappa shape index (κ2) is 8.42. The van der Waals surface area contributed by atoms with Gasteiger partial charge in [0.2, 0.25) is 5.91 Å². The molecule has 170 valence electrons. The highest BCUT2D eigenvalue weighted by Gasteiger charge is 2.35. The molecule has 1 atom stereocenters. The highest BCUT2D eigenvalue weighted by atomic mass is 19.1. The van der Waals surface area contributed by atoms with E-state index in [1.807, 2.05) is 6.92 Å². The minimum Gasteiger partial charge on any atom is -0.354 e. The molecule has 0 bridgehead atoms. The van der Waals surface area contributed by atoms with E-state index in [1.165, 1.54) is 18.2 Å². The molecule has 4 aromatic rings.